The lowest BCUT2D eigenvalue weighted by molar-refractivity contribution is 0.0431. The molecule has 0 amide bonds. The summed E-state index contributed by atoms with van der Waals surface area (Å²) >= 11 is 0. The molecule has 2 heterocycles. The first-order valence-corrected chi connectivity index (χ1v) is 5.74. The van der Waals surface area contributed by atoms with Crippen LogP contribution >= 0.6 is 0 Å². The summed E-state index contributed by atoms with van der Waals surface area (Å²) in [5, 5.41) is 13.0. The van der Waals surface area contributed by atoms with E-state index < -0.39 is 0 Å². The molecule has 0 aliphatic carbocycles. The predicted molar refractivity (Wildman–Crippen MR) is 58.8 cm³/mol. The lowest BCUT2D eigenvalue weighted by atomic mass is 10.0. The van der Waals surface area contributed by atoms with Crippen LogP contribution in [-0.2, 0) is 4.74 Å². The molecule has 4 nitrogen and oxygen atoms in total. The van der Waals surface area contributed by atoms with Crippen LogP contribution in [0.15, 0.2) is 11.6 Å². The Balaban J connectivity index is 1.80. The van der Waals surface area contributed by atoms with Crippen LogP contribution in [0.5, 0.6) is 0 Å². The average molecular weight is 212 g/mol. The number of rotatable bonds is 2. The minimum absolute atomic E-state index is 0.229. The molecule has 2 fully saturated rings. The van der Waals surface area contributed by atoms with E-state index in [-0.39, 0.29) is 6.10 Å². The fourth-order valence-electron chi connectivity index (χ4n) is 2.01. The second kappa shape index (κ2) is 5.61. The van der Waals surface area contributed by atoms with Gasteiger partial charge >= 0.3 is 0 Å². The van der Waals surface area contributed by atoms with Gasteiger partial charge in [-0.2, -0.15) is 0 Å². The highest BCUT2D eigenvalue weighted by molar-refractivity contribution is 5.13. The molecular weight excluding hydrogens is 192 g/mol. The van der Waals surface area contributed by atoms with Crippen molar-refractivity contribution in [2.75, 3.05) is 45.9 Å². The zero-order valence-corrected chi connectivity index (χ0v) is 9.11. The summed E-state index contributed by atoms with van der Waals surface area (Å²) in [7, 11) is 0. The summed E-state index contributed by atoms with van der Waals surface area (Å²) in [5.74, 6) is 0. The fourth-order valence-corrected chi connectivity index (χ4v) is 2.01. The number of nitrogens with zero attached hydrogens (tertiary/aromatic N) is 1. The molecule has 2 saturated heterocycles. The SMILES string of the molecule is OC1CCNCC1=CCN1CCOCC1. The average Bonchev–Trinajstić information content (AvgIpc) is 2.29. The summed E-state index contributed by atoms with van der Waals surface area (Å²) in [5.41, 5.74) is 1.15. The topological polar surface area (TPSA) is 44.7 Å². The van der Waals surface area contributed by atoms with Crippen LogP contribution < -0.4 is 5.32 Å². The van der Waals surface area contributed by atoms with Gasteiger partial charge in [-0.05, 0) is 18.5 Å². The third-order valence-electron chi connectivity index (χ3n) is 3.07. The Labute approximate surface area is 90.9 Å². The van der Waals surface area contributed by atoms with E-state index in [1.54, 1.807) is 0 Å². The highest BCUT2D eigenvalue weighted by Crippen LogP contribution is 2.10. The van der Waals surface area contributed by atoms with E-state index in [0.29, 0.717) is 0 Å². The fraction of sp³-hybridized carbons (Fsp3) is 0.818. The summed E-state index contributed by atoms with van der Waals surface area (Å²) in [6, 6.07) is 0. The molecule has 0 aromatic rings. The molecule has 0 saturated carbocycles. The molecule has 0 radical (unpaired) electrons. The molecule has 2 aliphatic heterocycles. The zero-order valence-electron chi connectivity index (χ0n) is 9.11. The van der Waals surface area contributed by atoms with Crippen LogP contribution in [0.25, 0.3) is 0 Å². The lowest BCUT2D eigenvalue weighted by Crippen LogP contribution is -2.38. The van der Waals surface area contributed by atoms with Crippen LogP contribution in [-0.4, -0.2) is 62.0 Å². The molecule has 2 aliphatic rings. The van der Waals surface area contributed by atoms with Gasteiger partial charge in [0.2, 0.25) is 0 Å². The van der Waals surface area contributed by atoms with E-state index >= 15 is 0 Å². The van der Waals surface area contributed by atoms with Gasteiger partial charge in [0, 0.05) is 26.2 Å². The first kappa shape index (κ1) is 11.1. The Morgan fingerprint density at radius 2 is 2.27 bits per heavy atom. The van der Waals surface area contributed by atoms with E-state index in [4.69, 9.17) is 4.74 Å². The van der Waals surface area contributed by atoms with Crippen molar-refractivity contribution in [1.29, 1.82) is 0 Å². The van der Waals surface area contributed by atoms with Crippen LogP contribution in [0, 0.1) is 0 Å². The molecule has 0 aromatic carbocycles. The summed E-state index contributed by atoms with van der Waals surface area (Å²) in [6.45, 7) is 6.40. The molecular formula is C11H20N2O2. The number of nitrogens with one attached hydrogen (secondary N) is 1. The number of morpholine rings is 1. The normalized spacial score (nSPS) is 32.1. The Morgan fingerprint density at radius 1 is 1.47 bits per heavy atom. The largest absolute Gasteiger partial charge is 0.389 e. The molecule has 0 aromatic heterocycles. The molecule has 86 valence electrons. The van der Waals surface area contributed by atoms with Crippen LogP contribution in [0.2, 0.25) is 0 Å². The Bertz CT molecular complexity index is 225. The summed E-state index contributed by atoms with van der Waals surface area (Å²) in [6.07, 6.45) is 2.78. The number of ether oxygens (including phenoxy) is 1. The zero-order chi connectivity index (χ0) is 10.5. The number of aliphatic hydroxyl groups is 1. The number of aliphatic hydroxyl groups excluding tert-OH is 1. The van der Waals surface area contributed by atoms with Crippen molar-refractivity contribution in [3.63, 3.8) is 0 Å². The first-order valence-electron chi connectivity index (χ1n) is 5.74. The summed E-state index contributed by atoms with van der Waals surface area (Å²) < 4.78 is 5.29. The van der Waals surface area contributed by atoms with Gasteiger partial charge in [0.25, 0.3) is 0 Å². The lowest BCUT2D eigenvalue weighted by Gasteiger charge is -2.27. The number of hydrogen-bond acceptors (Lipinski definition) is 4. The maximum absolute atomic E-state index is 9.75. The van der Waals surface area contributed by atoms with Crippen molar-refractivity contribution >= 4 is 0 Å². The molecule has 15 heavy (non-hydrogen) atoms. The first-order chi connectivity index (χ1) is 7.36. The molecule has 4 heteroatoms. The van der Waals surface area contributed by atoms with Crippen molar-refractivity contribution in [2.24, 2.45) is 0 Å². The molecule has 1 atom stereocenters. The van der Waals surface area contributed by atoms with Crippen molar-refractivity contribution in [3.8, 4) is 0 Å². The van der Waals surface area contributed by atoms with Gasteiger partial charge < -0.3 is 15.2 Å². The highest BCUT2D eigenvalue weighted by Gasteiger charge is 2.16. The van der Waals surface area contributed by atoms with Gasteiger partial charge in [0.05, 0.1) is 19.3 Å². The van der Waals surface area contributed by atoms with Crippen LogP contribution in [0.1, 0.15) is 6.42 Å². The molecule has 0 spiro atoms. The van der Waals surface area contributed by atoms with Crippen LogP contribution in [0.3, 0.4) is 0 Å². The third kappa shape index (κ3) is 3.28. The van der Waals surface area contributed by atoms with E-state index in [1.807, 2.05) is 0 Å². The molecule has 0 bridgehead atoms. The van der Waals surface area contributed by atoms with Gasteiger partial charge in [0.15, 0.2) is 0 Å². The van der Waals surface area contributed by atoms with Crippen molar-refractivity contribution < 1.29 is 9.84 Å². The Kier molecular flexibility index (Phi) is 4.14. The van der Waals surface area contributed by atoms with Crippen molar-refractivity contribution in [1.82, 2.24) is 10.2 Å². The molecule has 2 N–H and O–H groups in total. The van der Waals surface area contributed by atoms with Crippen LogP contribution in [0.4, 0.5) is 0 Å². The maximum atomic E-state index is 9.75. The van der Waals surface area contributed by atoms with Gasteiger partial charge in [-0.3, -0.25) is 4.90 Å². The maximum Gasteiger partial charge on any atom is 0.0775 e. The standard InChI is InChI=1S/C11H20N2O2/c14-11-1-3-12-9-10(11)2-4-13-5-7-15-8-6-13/h2,11-12,14H,1,3-9H2. The predicted octanol–water partition coefficient (Wildman–Crippen LogP) is -0.401. The number of hydrogen-bond donors (Lipinski definition) is 2. The Hall–Kier alpha value is -0.420. The van der Waals surface area contributed by atoms with Crippen molar-refractivity contribution in [3.05, 3.63) is 11.6 Å². The monoisotopic (exact) mass is 212 g/mol. The second-order valence-electron chi connectivity index (χ2n) is 4.17. The van der Waals surface area contributed by atoms with E-state index in [9.17, 15) is 5.11 Å². The van der Waals surface area contributed by atoms with Crippen molar-refractivity contribution in [2.45, 2.75) is 12.5 Å². The van der Waals surface area contributed by atoms with E-state index in [2.05, 4.69) is 16.3 Å². The van der Waals surface area contributed by atoms with Gasteiger partial charge in [-0.15, -0.1) is 0 Å². The molecule has 2 rings (SSSR count). The summed E-state index contributed by atoms with van der Waals surface area (Å²) in [4.78, 5) is 2.36. The second-order valence-corrected chi connectivity index (χ2v) is 4.17. The molecule has 1 unspecified atom stereocenters. The van der Waals surface area contributed by atoms with E-state index in [0.717, 1.165) is 57.9 Å². The third-order valence-corrected chi connectivity index (χ3v) is 3.07. The Morgan fingerprint density at radius 3 is 3.00 bits per heavy atom. The smallest absolute Gasteiger partial charge is 0.0775 e. The van der Waals surface area contributed by atoms with Gasteiger partial charge in [0.1, 0.15) is 0 Å². The van der Waals surface area contributed by atoms with Gasteiger partial charge in [-0.25, -0.2) is 0 Å². The number of piperidine rings is 1. The van der Waals surface area contributed by atoms with E-state index in [1.165, 1.54) is 0 Å². The minimum Gasteiger partial charge on any atom is -0.389 e. The minimum atomic E-state index is -0.229. The highest BCUT2D eigenvalue weighted by atomic mass is 16.5. The quantitative estimate of drug-likeness (QED) is 0.611. The van der Waals surface area contributed by atoms with Gasteiger partial charge in [-0.1, -0.05) is 6.08 Å².